The number of nitrogens with one attached hydrogen (secondary N) is 3. The van der Waals surface area contributed by atoms with Crippen molar-refractivity contribution in [2.45, 2.75) is 11.4 Å². The summed E-state index contributed by atoms with van der Waals surface area (Å²) in [6, 6.07) is 3.41. The maximum absolute atomic E-state index is 12.2. The number of aromatic nitrogens is 4. The first kappa shape index (κ1) is 14.8. The number of nitrogens with zero attached hydrogens (tertiary/aromatic N) is 4. The van der Waals surface area contributed by atoms with Gasteiger partial charge >= 0.3 is 0 Å². The minimum atomic E-state index is -3.88. The average molecular weight is 313 g/mol. The highest BCUT2D eigenvalue weighted by Gasteiger charge is 2.21. The maximum atomic E-state index is 12.2. The lowest BCUT2D eigenvalue weighted by Gasteiger charge is -2.10. The monoisotopic (exact) mass is 313 g/mol. The molecule has 0 saturated carbocycles. The molecule has 0 amide bonds. The van der Waals surface area contributed by atoms with Crippen LogP contribution in [0.25, 0.3) is 0 Å². The molecule has 1 aromatic carbocycles. The Kier molecular flexibility index (Phi) is 4.09. The van der Waals surface area contributed by atoms with Gasteiger partial charge in [0, 0.05) is 19.2 Å². The quantitative estimate of drug-likeness (QED) is 0.481. The van der Waals surface area contributed by atoms with Gasteiger partial charge < -0.3 is 5.32 Å². The third kappa shape index (κ3) is 3.29. The first-order valence-electron chi connectivity index (χ1n) is 5.62. The Morgan fingerprint density at radius 2 is 2.19 bits per heavy atom. The van der Waals surface area contributed by atoms with E-state index in [9.17, 15) is 18.5 Å². The third-order valence-electron chi connectivity index (χ3n) is 2.54. The lowest BCUT2D eigenvalue weighted by atomic mass is 10.3. The average Bonchev–Trinajstić information content (AvgIpc) is 2.97. The summed E-state index contributed by atoms with van der Waals surface area (Å²) >= 11 is 0. The molecule has 0 saturated heterocycles. The molecule has 0 aliphatic heterocycles. The topological polar surface area (TPSA) is 156 Å². The number of hydrogen-bond donors (Lipinski definition) is 3. The van der Waals surface area contributed by atoms with Gasteiger partial charge in [0.15, 0.2) is 5.82 Å². The minimum Gasteiger partial charge on any atom is -0.387 e. The van der Waals surface area contributed by atoms with Crippen LogP contribution >= 0.6 is 0 Å². The molecule has 0 fully saturated rings. The SMILES string of the molecule is CNc1cc([N+](=O)[O-])ccc1S(=O)(=O)NCc1nn[nH]n1. The molecular formula is C9H11N7O4S. The summed E-state index contributed by atoms with van der Waals surface area (Å²) in [5.41, 5.74) is -0.0960. The number of H-pyrrole nitrogens is 1. The molecule has 21 heavy (non-hydrogen) atoms. The molecule has 112 valence electrons. The molecular weight excluding hydrogens is 302 g/mol. The second kappa shape index (κ2) is 5.80. The van der Waals surface area contributed by atoms with Gasteiger partial charge in [-0.1, -0.05) is 5.21 Å². The van der Waals surface area contributed by atoms with Crippen LogP contribution in [0, 0.1) is 10.1 Å². The normalized spacial score (nSPS) is 11.3. The van der Waals surface area contributed by atoms with Crippen molar-refractivity contribution in [2.75, 3.05) is 12.4 Å². The molecule has 0 atom stereocenters. The van der Waals surface area contributed by atoms with Crippen LogP contribution in [0.2, 0.25) is 0 Å². The Morgan fingerprint density at radius 3 is 2.76 bits per heavy atom. The van der Waals surface area contributed by atoms with Gasteiger partial charge in [-0.2, -0.15) is 5.21 Å². The highest BCUT2D eigenvalue weighted by atomic mass is 32.2. The van der Waals surface area contributed by atoms with Crippen LogP contribution < -0.4 is 10.0 Å². The second-order valence-electron chi connectivity index (χ2n) is 3.84. The van der Waals surface area contributed by atoms with Crippen LogP contribution in [0.15, 0.2) is 23.1 Å². The zero-order valence-electron chi connectivity index (χ0n) is 10.8. The van der Waals surface area contributed by atoms with E-state index in [1.54, 1.807) is 0 Å². The van der Waals surface area contributed by atoms with Crippen molar-refractivity contribution in [2.24, 2.45) is 0 Å². The van der Waals surface area contributed by atoms with Gasteiger partial charge in [0.2, 0.25) is 10.0 Å². The number of non-ortho nitro benzene ring substituents is 1. The molecule has 0 unspecified atom stereocenters. The third-order valence-corrected chi connectivity index (χ3v) is 4.00. The van der Waals surface area contributed by atoms with Crippen molar-refractivity contribution in [1.82, 2.24) is 25.3 Å². The first-order chi connectivity index (χ1) is 9.94. The molecule has 1 aromatic heterocycles. The number of benzene rings is 1. The van der Waals surface area contributed by atoms with E-state index in [1.807, 2.05) is 0 Å². The maximum Gasteiger partial charge on any atom is 0.271 e. The van der Waals surface area contributed by atoms with Crippen molar-refractivity contribution in [1.29, 1.82) is 0 Å². The van der Waals surface area contributed by atoms with Gasteiger partial charge in [0.05, 0.1) is 17.2 Å². The number of rotatable bonds is 6. The van der Waals surface area contributed by atoms with E-state index in [0.717, 1.165) is 18.2 Å². The van der Waals surface area contributed by atoms with Gasteiger partial charge in [-0.15, -0.1) is 10.2 Å². The number of anilines is 1. The van der Waals surface area contributed by atoms with Crippen molar-refractivity contribution in [3.63, 3.8) is 0 Å². The first-order valence-corrected chi connectivity index (χ1v) is 7.10. The van der Waals surface area contributed by atoms with Crippen LogP contribution in [0.5, 0.6) is 0 Å². The minimum absolute atomic E-state index is 0.112. The summed E-state index contributed by atoms with van der Waals surface area (Å²) in [5.74, 6) is 0.173. The van der Waals surface area contributed by atoms with E-state index < -0.39 is 14.9 Å². The Balaban J connectivity index is 2.28. The van der Waals surface area contributed by atoms with E-state index in [-0.39, 0.29) is 28.6 Å². The standard InChI is InChI=1S/C9H11N7O4S/c1-10-7-4-6(16(17)18)2-3-8(7)21(19,20)11-5-9-12-14-15-13-9/h2-4,10-11H,5H2,1H3,(H,12,13,14,15). The van der Waals surface area contributed by atoms with E-state index >= 15 is 0 Å². The van der Waals surface area contributed by atoms with Crippen molar-refractivity contribution >= 4 is 21.4 Å². The smallest absolute Gasteiger partial charge is 0.271 e. The van der Waals surface area contributed by atoms with Crippen LogP contribution in [0.4, 0.5) is 11.4 Å². The van der Waals surface area contributed by atoms with Crippen LogP contribution in [-0.2, 0) is 16.6 Å². The van der Waals surface area contributed by atoms with Crippen LogP contribution in [0.1, 0.15) is 5.82 Å². The van der Waals surface area contributed by atoms with Gasteiger partial charge in [-0.3, -0.25) is 10.1 Å². The molecule has 0 bridgehead atoms. The number of nitro groups is 1. The molecule has 1 heterocycles. The van der Waals surface area contributed by atoms with Gasteiger partial charge in [0.1, 0.15) is 4.90 Å². The molecule has 0 radical (unpaired) electrons. The fraction of sp³-hybridized carbons (Fsp3) is 0.222. The van der Waals surface area contributed by atoms with Crippen molar-refractivity contribution in [3.05, 3.63) is 34.1 Å². The van der Waals surface area contributed by atoms with E-state index in [0.29, 0.717) is 0 Å². The number of hydrogen-bond acceptors (Lipinski definition) is 8. The highest BCUT2D eigenvalue weighted by Crippen LogP contribution is 2.25. The summed E-state index contributed by atoms with van der Waals surface area (Å²) in [6.07, 6.45) is 0. The van der Waals surface area contributed by atoms with Gasteiger partial charge in [-0.25, -0.2) is 13.1 Å². The Bertz CT molecular complexity index is 743. The highest BCUT2D eigenvalue weighted by molar-refractivity contribution is 7.89. The van der Waals surface area contributed by atoms with Crippen molar-refractivity contribution in [3.8, 4) is 0 Å². The van der Waals surface area contributed by atoms with Gasteiger partial charge in [0.25, 0.3) is 5.69 Å². The van der Waals surface area contributed by atoms with Crippen molar-refractivity contribution < 1.29 is 13.3 Å². The molecule has 12 heteroatoms. The second-order valence-corrected chi connectivity index (χ2v) is 5.58. The summed E-state index contributed by atoms with van der Waals surface area (Å²) in [6.45, 7) is -0.154. The predicted molar refractivity (Wildman–Crippen MR) is 70.8 cm³/mol. The Labute approximate surface area is 119 Å². The molecule has 0 spiro atoms. The summed E-state index contributed by atoms with van der Waals surface area (Å²) < 4.78 is 26.6. The molecule has 0 aliphatic carbocycles. The van der Waals surface area contributed by atoms with E-state index in [1.165, 1.54) is 7.05 Å². The van der Waals surface area contributed by atoms with E-state index in [4.69, 9.17) is 0 Å². The number of aromatic amines is 1. The number of tetrazole rings is 1. The number of sulfonamides is 1. The van der Waals surface area contributed by atoms with Crippen LogP contribution in [0.3, 0.4) is 0 Å². The molecule has 2 aromatic rings. The predicted octanol–water partition coefficient (Wildman–Crippen LogP) is -0.372. The lowest BCUT2D eigenvalue weighted by molar-refractivity contribution is -0.384. The fourth-order valence-electron chi connectivity index (χ4n) is 1.56. The van der Waals surface area contributed by atoms with Crippen LogP contribution in [-0.4, -0.2) is 41.0 Å². The Hall–Kier alpha value is -2.60. The summed E-state index contributed by atoms with van der Waals surface area (Å²) in [5, 5.41) is 26.0. The molecule has 3 N–H and O–H groups in total. The zero-order valence-corrected chi connectivity index (χ0v) is 11.6. The Morgan fingerprint density at radius 1 is 1.43 bits per heavy atom. The zero-order chi connectivity index (χ0) is 15.5. The fourth-order valence-corrected chi connectivity index (χ4v) is 2.73. The summed E-state index contributed by atoms with van der Waals surface area (Å²) in [4.78, 5) is 9.98. The largest absolute Gasteiger partial charge is 0.387 e. The van der Waals surface area contributed by atoms with E-state index in [2.05, 4.69) is 30.7 Å². The number of nitro benzene ring substituents is 1. The molecule has 2 rings (SSSR count). The summed E-state index contributed by atoms with van der Waals surface area (Å²) in [7, 11) is -2.41. The molecule has 0 aliphatic rings. The molecule has 11 nitrogen and oxygen atoms in total. The van der Waals surface area contributed by atoms with Gasteiger partial charge in [-0.05, 0) is 6.07 Å². The lowest BCUT2D eigenvalue weighted by Crippen LogP contribution is -2.24.